The van der Waals surface area contributed by atoms with Crippen molar-refractivity contribution in [3.63, 3.8) is 0 Å². The van der Waals surface area contributed by atoms with Crippen LogP contribution in [0.4, 0.5) is 11.4 Å². The molecule has 4 rings (SSSR count). The van der Waals surface area contributed by atoms with Crippen LogP contribution in [-0.2, 0) is 0 Å². The van der Waals surface area contributed by atoms with Crippen LogP contribution in [0.3, 0.4) is 0 Å². The lowest BCUT2D eigenvalue weighted by Crippen LogP contribution is -2.29. The van der Waals surface area contributed by atoms with Crippen LogP contribution in [0, 0.1) is 0 Å². The number of hydrogen-bond donors (Lipinski definition) is 1. The number of carbonyl (C=O) groups excluding carboxylic acids is 3. The molecule has 1 N–H and O–H groups in total. The molecule has 0 aromatic heterocycles. The lowest BCUT2D eigenvalue weighted by atomic mass is 10.1. The van der Waals surface area contributed by atoms with Crippen molar-refractivity contribution < 1.29 is 14.4 Å². The Morgan fingerprint density at radius 3 is 2.17 bits per heavy atom. The second-order valence-corrected chi connectivity index (χ2v) is 7.57. The van der Waals surface area contributed by atoms with E-state index in [1.54, 1.807) is 48.5 Å². The van der Waals surface area contributed by atoms with Gasteiger partial charge in [-0.1, -0.05) is 35.9 Å². The summed E-state index contributed by atoms with van der Waals surface area (Å²) >= 11 is 7.85. The van der Waals surface area contributed by atoms with E-state index < -0.39 is 11.8 Å². The van der Waals surface area contributed by atoms with Crippen molar-refractivity contribution in [3.8, 4) is 0 Å². The molecule has 1 aliphatic rings. The third-order valence-corrected chi connectivity index (χ3v) is 5.69. The maximum atomic E-state index is 12.7. The van der Waals surface area contributed by atoms with E-state index in [1.165, 1.54) is 17.8 Å². The fraction of sp³-hybridized carbons (Fsp3) is 0.0455. The van der Waals surface area contributed by atoms with Crippen LogP contribution in [-0.4, -0.2) is 24.0 Å². The summed E-state index contributed by atoms with van der Waals surface area (Å²) in [6.07, 6.45) is 1.90. The molecule has 3 aromatic rings. The van der Waals surface area contributed by atoms with Crippen LogP contribution >= 0.6 is 23.4 Å². The van der Waals surface area contributed by atoms with Gasteiger partial charge in [-0.15, -0.1) is 11.8 Å². The zero-order valence-corrected chi connectivity index (χ0v) is 16.9. The maximum absolute atomic E-state index is 12.7. The van der Waals surface area contributed by atoms with E-state index in [1.807, 2.05) is 18.4 Å². The first kappa shape index (κ1) is 19.2. The summed E-state index contributed by atoms with van der Waals surface area (Å²) in [4.78, 5) is 39.8. The number of halogens is 1. The number of rotatable bonds is 4. The van der Waals surface area contributed by atoms with Crippen LogP contribution in [0.15, 0.2) is 71.6 Å². The Labute approximate surface area is 176 Å². The van der Waals surface area contributed by atoms with Gasteiger partial charge in [-0.25, -0.2) is 4.90 Å². The van der Waals surface area contributed by atoms with E-state index in [4.69, 9.17) is 11.6 Å². The highest BCUT2D eigenvalue weighted by Gasteiger charge is 2.37. The molecule has 0 saturated carbocycles. The normalized spacial score (nSPS) is 12.8. The molecule has 29 heavy (non-hydrogen) atoms. The summed E-state index contributed by atoms with van der Waals surface area (Å²) in [6.45, 7) is 0. The van der Waals surface area contributed by atoms with Gasteiger partial charge in [-0.2, -0.15) is 0 Å². The number of amides is 3. The van der Waals surface area contributed by atoms with Crippen molar-refractivity contribution >= 4 is 52.5 Å². The largest absolute Gasteiger partial charge is 0.322 e. The molecule has 5 nitrogen and oxygen atoms in total. The van der Waals surface area contributed by atoms with Gasteiger partial charge in [0, 0.05) is 10.6 Å². The van der Waals surface area contributed by atoms with Crippen molar-refractivity contribution in [2.45, 2.75) is 4.90 Å². The van der Waals surface area contributed by atoms with E-state index in [9.17, 15) is 14.4 Å². The number of fused-ring (bicyclic) bond motifs is 1. The van der Waals surface area contributed by atoms with E-state index in [-0.39, 0.29) is 16.6 Å². The third-order valence-electron chi connectivity index (χ3n) is 4.59. The Morgan fingerprint density at radius 2 is 1.55 bits per heavy atom. The summed E-state index contributed by atoms with van der Waals surface area (Å²) in [5, 5.41) is 3.00. The predicted molar refractivity (Wildman–Crippen MR) is 115 cm³/mol. The molecular formula is C22H15ClN2O3S. The number of benzene rings is 3. The molecule has 0 unspecified atom stereocenters. The molecule has 7 heteroatoms. The van der Waals surface area contributed by atoms with Crippen molar-refractivity contribution in [3.05, 3.63) is 88.4 Å². The van der Waals surface area contributed by atoms with E-state index in [0.29, 0.717) is 22.4 Å². The van der Waals surface area contributed by atoms with Gasteiger partial charge in [-0.05, 0) is 48.7 Å². The molecule has 144 valence electrons. The van der Waals surface area contributed by atoms with E-state index in [2.05, 4.69) is 5.32 Å². The first-order chi connectivity index (χ1) is 14.0. The Bertz CT molecular complexity index is 1130. The van der Waals surface area contributed by atoms with Gasteiger partial charge in [0.1, 0.15) is 0 Å². The second kappa shape index (κ2) is 7.73. The summed E-state index contributed by atoms with van der Waals surface area (Å²) in [6, 6.07) is 18.6. The topological polar surface area (TPSA) is 66.5 Å². The van der Waals surface area contributed by atoms with Crippen LogP contribution in [0.2, 0.25) is 5.02 Å². The van der Waals surface area contributed by atoms with Crippen LogP contribution < -0.4 is 10.2 Å². The molecule has 0 bridgehead atoms. The van der Waals surface area contributed by atoms with Gasteiger partial charge < -0.3 is 5.32 Å². The molecule has 1 heterocycles. The number of hydrogen-bond acceptors (Lipinski definition) is 4. The zero-order valence-electron chi connectivity index (χ0n) is 15.3. The first-order valence-corrected chi connectivity index (χ1v) is 10.3. The highest BCUT2D eigenvalue weighted by molar-refractivity contribution is 7.98. The lowest BCUT2D eigenvalue weighted by Gasteiger charge is -2.17. The number of anilines is 2. The number of nitrogens with one attached hydrogen (secondary N) is 1. The van der Waals surface area contributed by atoms with Crippen molar-refractivity contribution in [2.75, 3.05) is 16.5 Å². The van der Waals surface area contributed by atoms with E-state index >= 15 is 0 Å². The molecule has 0 saturated heterocycles. The molecule has 3 aromatic carbocycles. The van der Waals surface area contributed by atoms with Gasteiger partial charge in [0.2, 0.25) is 0 Å². The lowest BCUT2D eigenvalue weighted by molar-refractivity contribution is 0.0924. The van der Waals surface area contributed by atoms with Gasteiger partial charge in [0.05, 0.1) is 27.4 Å². The molecule has 1 aliphatic heterocycles. The average Bonchev–Trinajstić information content (AvgIpc) is 2.99. The summed E-state index contributed by atoms with van der Waals surface area (Å²) < 4.78 is 0. The Hall–Kier alpha value is -3.09. The minimum Gasteiger partial charge on any atom is -0.322 e. The van der Waals surface area contributed by atoms with Gasteiger partial charge in [0.25, 0.3) is 17.7 Å². The highest BCUT2D eigenvalue weighted by Crippen LogP contribution is 2.35. The number of nitrogens with zero attached hydrogens (tertiary/aromatic N) is 1. The van der Waals surface area contributed by atoms with Crippen LogP contribution in [0.25, 0.3) is 0 Å². The minimum absolute atomic E-state index is 0.190. The van der Waals surface area contributed by atoms with Gasteiger partial charge in [-0.3, -0.25) is 14.4 Å². The highest BCUT2D eigenvalue weighted by atomic mass is 35.5. The molecule has 0 aliphatic carbocycles. The molecule has 0 spiro atoms. The Morgan fingerprint density at radius 1 is 0.931 bits per heavy atom. The zero-order chi connectivity index (χ0) is 20.5. The monoisotopic (exact) mass is 422 g/mol. The van der Waals surface area contributed by atoms with Crippen LogP contribution in [0.5, 0.6) is 0 Å². The van der Waals surface area contributed by atoms with Gasteiger partial charge >= 0.3 is 0 Å². The Balaban J connectivity index is 1.60. The molecule has 0 radical (unpaired) electrons. The smallest absolute Gasteiger partial charge is 0.266 e. The third kappa shape index (κ3) is 3.41. The molecule has 0 fully saturated rings. The van der Waals surface area contributed by atoms with Gasteiger partial charge in [0.15, 0.2) is 0 Å². The number of thioether (sulfide) groups is 1. The molecule has 3 amide bonds. The maximum Gasteiger partial charge on any atom is 0.266 e. The van der Waals surface area contributed by atoms with Crippen molar-refractivity contribution in [1.82, 2.24) is 0 Å². The number of carbonyl (C=O) groups is 3. The molecular weight excluding hydrogens is 408 g/mol. The standard InChI is InChI=1S/C22H15ClN2O3S/c1-29-19-9-5-4-8-16(19)20(26)24-13-10-11-18(17(23)12-13)25-21(27)14-6-2-3-7-15(14)22(25)28/h2-12H,1H3,(H,24,26). The SMILES string of the molecule is CSc1ccccc1C(=O)Nc1ccc(N2C(=O)c3ccccc3C2=O)c(Cl)c1. The average molecular weight is 423 g/mol. The molecule has 0 atom stereocenters. The number of imide groups is 1. The summed E-state index contributed by atoms with van der Waals surface area (Å²) in [5.74, 6) is -1.10. The fourth-order valence-electron chi connectivity index (χ4n) is 3.20. The first-order valence-electron chi connectivity index (χ1n) is 8.73. The Kier molecular flexibility index (Phi) is 5.13. The fourth-order valence-corrected chi connectivity index (χ4v) is 4.07. The van der Waals surface area contributed by atoms with Crippen molar-refractivity contribution in [2.24, 2.45) is 0 Å². The van der Waals surface area contributed by atoms with Crippen LogP contribution in [0.1, 0.15) is 31.1 Å². The van der Waals surface area contributed by atoms with E-state index in [0.717, 1.165) is 9.80 Å². The minimum atomic E-state index is -0.418. The summed E-state index contributed by atoms with van der Waals surface area (Å²) in [5.41, 5.74) is 2.00. The summed E-state index contributed by atoms with van der Waals surface area (Å²) in [7, 11) is 0. The second-order valence-electron chi connectivity index (χ2n) is 6.31. The van der Waals surface area contributed by atoms with Crippen molar-refractivity contribution in [1.29, 1.82) is 0 Å². The predicted octanol–water partition coefficient (Wildman–Crippen LogP) is 5.11. The quantitative estimate of drug-likeness (QED) is 0.468.